The molecule has 0 amide bonds. The Labute approximate surface area is 107 Å². The first kappa shape index (κ1) is 12.4. The van der Waals surface area contributed by atoms with E-state index in [0.29, 0.717) is 12.1 Å². The van der Waals surface area contributed by atoms with Gasteiger partial charge in [-0.05, 0) is 31.0 Å². The molecule has 1 aromatic rings. The van der Waals surface area contributed by atoms with Crippen LogP contribution in [0.1, 0.15) is 18.4 Å². The molecule has 2 rings (SSSR count). The van der Waals surface area contributed by atoms with Gasteiger partial charge >= 0.3 is 5.97 Å². The summed E-state index contributed by atoms with van der Waals surface area (Å²) in [5.74, 6) is -0.203. The van der Waals surface area contributed by atoms with E-state index in [0.717, 1.165) is 25.1 Å². The average Bonchev–Trinajstić information content (AvgIpc) is 2.46. The number of piperidine rings is 1. The molecule has 0 radical (unpaired) electrons. The lowest BCUT2D eigenvalue weighted by Crippen LogP contribution is -2.39. The van der Waals surface area contributed by atoms with Crippen LogP contribution in [-0.4, -0.2) is 26.2 Å². The number of methoxy groups -OCH3 is 1. The highest BCUT2D eigenvalue weighted by Gasteiger charge is 2.26. The van der Waals surface area contributed by atoms with Gasteiger partial charge in [-0.1, -0.05) is 6.07 Å². The van der Waals surface area contributed by atoms with E-state index in [1.165, 1.54) is 7.11 Å². The second kappa shape index (κ2) is 5.54. The van der Waals surface area contributed by atoms with Gasteiger partial charge in [0.15, 0.2) is 0 Å². The van der Waals surface area contributed by atoms with Gasteiger partial charge in [0.25, 0.3) is 0 Å². The number of hydrogen-bond acceptors (Lipinski definition) is 4. The van der Waals surface area contributed by atoms with Gasteiger partial charge in [-0.3, -0.25) is 4.79 Å². The normalized spacial score (nSPS) is 19.1. The lowest BCUT2D eigenvalue weighted by Gasteiger charge is -2.33. The smallest absolute Gasteiger partial charge is 0.310 e. The van der Waals surface area contributed by atoms with Gasteiger partial charge in [0.2, 0.25) is 0 Å². The Hall–Kier alpha value is -2.02. The predicted octanol–water partition coefficient (Wildman–Crippen LogP) is 1.95. The SMILES string of the molecule is COC(=O)C1CCCN(c2cccc(C#N)c2)C1. The van der Waals surface area contributed by atoms with Gasteiger partial charge < -0.3 is 9.64 Å². The molecule has 0 N–H and O–H groups in total. The van der Waals surface area contributed by atoms with Crippen LogP contribution in [0.5, 0.6) is 0 Å². The van der Waals surface area contributed by atoms with Gasteiger partial charge in [0.1, 0.15) is 0 Å². The summed E-state index contributed by atoms with van der Waals surface area (Å²) in [6.45, 7) is 1.59. The molecule has 1 saturated heterocycles. The van der Waals surface area contributed by atoms with E-state index in [4.69, 9.17) is 10.00 Å². The van der Waals surface area contributed by atoms with Crippen LogP contribution < -0.4 is 4.90 Å². The summed E-state index contributed by atoms with van der Waals surface area (Å²) in [5.41, 5.74) is 1.65. The van der Waals surface area contributed by atoms with Gasteiger partial charge in [0, 0.05) is 18.8 Å². The Morgan fingerprint density at radius 1 is 1.56 bits per heavy atom. The molecular weight excluding hydrogens is 228 g/mol. The summed E-state index contributed by atoms with van der Waals surface area (Å²) < 4.78 is 4.80. The van der Waals surface area contributed by atoms with Gasteiger partial charge in [0.05, 0.1) is 24.7 Å². The second-order valence-corrected chi connectivity index (χ2v) is 4.47. The number of esters is 1. The maximum Gasteiger partial charge on any atom is 0.310 e. The van der Waals surface area contributed by atoms with E-state index in [9.17, 15) is 4.79 Å². The lowest BCUT2D eigenvalue weighted by atomic mass is 9.97. The van der Waals surface area contributed by atoms with E-state index in [1.807, 2.05) is 18.2 Å². The van der Waals surface area contributed by atoms with Crippen molar-refractivity contribution in [1.29, 1.82) is 5.26 Å². The summed E-state index contributed by atoms with van der Waals surface area (Å²) in [6, 6.07) is 9.62. The number of nitrogens with zero attached hydrogens (tertiary/aromatic N) is 2. The molecule has 0 aliphatic carbocycles. The molecule has 1 atom stereocenters. The van der Waals surface area contributed by atoms with Crippen LogP contribution in [0.25, 0.3) is 0 Å². The largest absolute Gasteiger partial charge is 0.469 e. The summed E-state index contributed by atoms with van der Waals surface area (Å²) >= 11 is 0. The standard InChI is InChI=1S/C14H16N2O2/c1-18-14(17)12-5-3-7-16(10-12)13-6-2-4-11(8-13)9-15/h2,4,6,8,12H,3,5,7,10H2,1H3. The number of anilines is 1. The number of nitriles is 1. The van der Waals surface area contributed by atoms with E-state index in [-0.39, 0.29) is 11.9 Å². The Kier molecular flexibility index (Phi) is 3.83. The zero-order valence-electron chi connectivity index (χ0n) is 10.4. The third kappa shape index (κ3) is 2.62. The molecule has 4 heteroatoms. The molecule has 1 aliphatic rings. The topological polar surface area (TPSA) is 53.3 Å². The molecule has 4 nitrogen and oxygen atoms in total. The van der Waals surface area contributed by atoms with E-state index < -0.39 is 0 Å². The minimum Gasteiger partial charge on any atom is -0.469 e. The molecule has 0 aromatic heterocycles. The molecule has 1 aromatic carbocycles. The van der Waals surface area contributed by atoms with Crippen molar-refractivity contribution in [1.82, 2.24) is 0 Å². The number of carbonyl (C=O) groups is 1. The molecule has 1 aliphatic heterocycles. The summed E-state index contributed by atoms with van der Waals surface area (Å²) in [6.07, 6.45) is 1.84. The number of ether oxygens (including phenoxy) is 1. The molecule has 94 valence electrons. The first-order valence-corrected chi connectivity index (χ1v) is 6.07. The third-order valence-corrected chi connectivity index (χ3v) is 3.30. The Morgan fingerprint density at radius 2 is 2.39 bits per heavy atom. The van der Waals surface area contributed by atoms with Gasteiger partial charge in [-0.15, -0.1) is 0 Å². The van der Waals surface area contributed by atoms with Crippen LogP contribution in [0.4, 0.5) is 5.69 Å². The fourth-order valence-corrected chi connectivity index (χ4v) is 2.34. The monoisotopic (exact) mass is 244 g/mol. The first-order valence-electron chi connectivity index (χ1n) is 6.07. The van der Waals surface area contributed by atoms with Crippen LogP contribution in [-0.2, 0) is 9.53 Å². The van der Waals surface area contributed by atoms with Crippen LogP contribution in [0, 0.1) is 17.2 Å². The molecular formula is C14H16N2O2. The highest BCUT2D eigenvalue weighted by Crippen LogP contribution is 2.24. The number of benzene rings is 1. The van der Waals surface area contributed by atoms with Gasteiger partial charge in [-0.2, -0.15) is 5.26 Å². The summed E-state index contributed by atoms with van der Waals surface area (Å²) in [7, 11) is 1.43. The van der Waals surface area contributed by atoms with Crippen LogP contribution in [0.3, 0.4) is 0 Å². The lowest BCUT2D eigenvalue weighted by molar-refractivity contribution is -0.145. The number of hydrogen-bond donors (Lipinski definition) is 0. The Morgan fingerprint density at radius 3 is 3.11 bits per heavy atom. The molecule has 18 heavy (non-hydrogen) atoms. The van der Waals surface area contributed by atoms with Crippen molar-refractivity contribution in [2.24, 2.45) is 5.92 Å². The highest BCUT2D eigenvalue weighted by molar-refractivity contribution is 5.73. The molecule has 0 bridgehead atoms. The zero-order chi connectivity index (χ0) is 13.0. The van der Waals surface area contributed by atoms with Crippen molar-refractivity contribution < 1.29 is 9.53 Å². The van der Waals surface area contributed by atoms with E-state index in [2.05, 4.69) is 11.0 Å². The minimum absolute atomic E-state index is 0.0607. The maximum atomic E-state index is 11.6. The second-order valence-electron chi connectivity index (χ2n) is 4.47. The summed E-state index contributed by atoms with van der Waals surface area (Å²) in [4.78, 5) is 13.7. The molecule has 1 heterocycles. The fraction of sp³-hybridized carbons (Fsp3) is 0.429. The zero-order valence-corrected chi connectivity index (χ0v) is 10.4. The van der Waals surface area contributed by atoms with Crippen LogP contribution >= 0.6 is 0 Å². The molecule has 0 spiro atoms. The van der Waals surface area contributed by atoms with Crippen molar-refractivity contribution in [2.45, 2.75) is 12.8 Å². The summed E-state index contributed by atoms with van der Waals surface area (Å²) in [5, 5.41) is 8.90. The molecule has 1 unspecified atom stereocenters. The van der Waals surface area contributed by atoms with Crippen molar-refractivity contribution >= 4 is 11.7 Å². The van der Waals surface area contributed by atoms with Gasteiger partial charge in [-0.25, -0.2) is 0 Å². The minimum atomic E-state index is -0.142. The first-order chi connectivity index (χ1) is 8.74. The molecule has 1 fully saturated rings. The van der Waals surface area contributed by atoms with Crippen molar-refractivity contribution in [3.05, 3.63) is 29.8 Å². The van der Waals surface area contributed by atoms with Crippen LogP contribution in [0.15, 0.2) is 24.3 Å². The maximum absolute atomic E-state index is 11.6. The Bertz CT molecular complexity index is 479. The predicted molar refractivity (Wildman–Crippen MR) is 68.1 cm³/mol. The van der Waals surface area contributed by atoms with E-state index in [1.54, 1.807) is 6.07 Å². The fourth-order valence-electron chi connectivity index (χ4n) is 2.34. The van der Waals surface area contributed by atoms with E-state index >= 15 is 0 Å². The Balaban J connectivity index is 2.13. The van der Waals surface area contributed by atoms with Crippen molar-refractivity contribution in [3.63, 3.8) is 0 Å². The van der Waals surface area contributed by atoms with Crippen molar-refractivity contribution in [2.75, 3.05) is 25.1 Å². The quantitative estimate of drug-likeness (QED) is 0.746. The number of rotatable bonds is 2. The van der Waals surface area contributed by atoms with Crippen molar-refractivity contribution in [3.8, 4) is 6.07 Å². The van der Waals surface area contributed by atoms with Crippen LogP contribution in [0.2, 0.25) is 0 Å². The third-order valence-electron chi connectivity index (χ3n) is 3.30. The average molecular weight is 244 g/mol. The number of carbonyl (C=O) groups excluding carboxylic acids is 1. The highest BCUT2D eigenvalue weighted by atomic mass is 16.5. The molecule has 0 saturated carbocycles.